The van der Waals surface area contributed by atoms with E-state index in [0.29, 0.717) is 23.2 Å². The van der Waals surface area contributed by atoms with Gasteiger partial charge in [-0.3, -0.25) is 4.79 Å². The Bertz CT molecular complexity index is 566. The Labute approximate surface area is 117 Å². The predicted octanol–water partition coefficient (Wildman–Crippen LogP) is 1.62. The van der Waals surface area contributed by atoms with E-state index >= 15 is 0 Å². The molecule has 1 aliphatic carbocycles. The summed E-state index contributed by atoms with van der Waals surface area (Å²) in [7, 11) is 1.33. The van der Waals surface area contributed by atoms with Crippen LogP contribution in [0.3, 0.4) is 0 Å². The third-order valence-corrected chi connectivity index (χ3v) is 3.45. The van der Waals surface area contributed by atoms with Crippen LogP contribution >= 0.6 is 0 Å². The number of ether oxygens (including phenoxy) is 1. The first-order valence-corrected chi connectivity index (χ1v) is 6.45. The second-order valence-electron chi connectivity index (χ2n) is 4.85. The van der Waals surface area contributed by atoms with Gasteiger partial charge in [0, 0.05) is 11.7 Å². The Balaban J connectivity index is 2.16. The molecule has 106 valence electrons. The van der Waals surface area contributed by atoms with E-state index < -0.39 is 5.97 Å². The molecule has 0 saturated heterocycles. The lowest BCUT2D eigenvalue weighted by molar-refractivity contribution is -0.118. The first-order valence-electron chi connectivity index (χ1n) is 6.45. The molecule has 0 heterocycles. The highest BCUT2D eigenvalue weighted by Crippen LogP contribution is 2.23. The van der Waals surface area contributed by atoms with Gasteiger partial charge in [0.05, 0.1) is 18.6 Å². The van der Waals surface area contributed by atoms with Gasteiger partial charge in [0.25, 0.3) is 0 Å². The zero-order valence-corrected chi connectivity index (χ0v) is 11.6. The quantitative estimate of drug-likeness (QED) is 0.648. The van der Waals surface area contributed by atoms with Crippen molar-refractivity contribution in [3.05, 3.63) is 41.5 Å². The molecule has 1 aliphatic rings. The van der Waals surface area contributed by atoms with Gasteiger partial charge in [-0.2, -0.15) is 0 Å². The molecule has 0 bridgehead atoms. The van der Waals surface area contributed by atoms with Crippen molar-refractivity contribution >= 4 is 17.6 Å². The number of carbonyl (C=O) groups excluding carboxylic acids is 2. The maximum Gasteiger partial charge on any atom is 0.338 e. The number of rotatable bonds is 3. The van der Waals surface area contributed by atoms with Crippen LogP contribution in [0.4, 0.5) is 5.69 Å². The summed E-state index contributed by atoms with van der Waals surface area (Å²) >= 11 is 0. The van der Waals surface area contributed by atoms with E-state index in [4.69, 9.17) is 10.5 Å². The van der Waals surface area contributed by atoms with Crippen molar-refractivity contribution < 1.29 is 14.3 Å². The first kappa shape index (κ1) is 14.3. The third-order valence-electron chi connectivity index (χ3n) is 3.45. The van der Waals surface area contributed by atoms with E-state index in [-0.39, 0.29) is 17.9 Å². The highest BCUT2D eigenvalue weighted by molar-refractivity contribution is 5.98. The molecule has 0 radical (unpaired) electrons. The van der Waals surface area contributed by atoms with Gasteiger partial charge in [0.15, 0.2) is 0 Å². The van der Waals surface area contributed by atoms with E-state index in [1.807, 2.05) is 12.2 Å². The van der Waals surface area contributed by atoms with E-state index in [9.17, 15) is 9.59 Å². The second-order valence-corrected chi connectivity index (χ2v) is 4.85. The highest BCUT2D eigenvalue weighted by Gasteiger charge is 2.23. The number of esters is 1. The molecule has 5 nitrogen and oxygen atoms in total. The van der Waals surface area contributed by atoms with Gasteiger partial charge in [0.2, 0.25) is 5.91 Å². The van der Waals surface area contributed by atoms with Gasteiger partial charge in [0.1, 0.15) is 0 Å². The lowest BCUT2D eigenvalue weighted by Crippen LogP contribution is -2.24. The molecular weight excluding hydrogens is 256 g/mol. The molecule has 1 aromatic carbocycles. The number of hydrogen-bond acceptors (Lipinski definition) is 4. The van der Waals surface area contributed by atoms with Gasteiger partial charge in [-0.05, 0) is 31.0 Å². The molecule has 0 saturated carbocycles. The smallest absolute Gasteiger partial charge is 0.338 e. The molecule has 2 atom stereocenters. The fourth-order valence-corrected chi connectivity index (χ4v) is 2.25. The minimum absolute atomic E-state index is 0.0618. The summed E-state index contributed by atoms with van der Waals surface area (Å²) in [6.07, 6.45) is 4.27. The molecule has 0 fully saturated rings. The number of nitrogens with two attached hydrogens (primary N) is 1. The fraction of sp³-hybridized carbons (Fsp3) is 0.333. The number of methoxy groups -OCH3 is 1. The van der Waals surface area contributed by atoms with Gasteiger partial charge < -0.3 is 15.8 Å². The van der Waals surface area contributed by atoms with Crippen LogP contribution in [0.2, 0.25) is 0 Å². The normalized spacial score (nSPS) is 20.8. The SMILES string of the molecule is COC(=O)c1cccc(NC(=O)C2C=CC(N)C2)c1C. The summed E-state index contributed by atoms with van der Waals surface area (Å²) in [6.45, 7) is 1.78. The largest absolute Gasteiger partial charge is 0.465 e. The Kier molecular flexibility index (Phi) is 4.20. The number of nitrogens with one attached hydrogen (secondary N) is 1. The van der Waals surface area contributed by atoms with Crippen molar-refractivity contribution in [2.24, 2.45) is 11.7 Å². The van der Waals surface area contributed by atoms with E-state index in [0.717, 1.165) is 0 Å². The number of hydrogen-bond donors (Lipinski definition) is 2. The molecular formula is C15H18N2O3. The van der Waals surface area contributed by atoms with Crippen molar-refractivity contribution in [3.63, 3.8) is 0 Å². The molecule has 5 heteroatoms. The van der Waals surface area contributed by atoms with Gasteiger partial charge >= 0.3 is 5.97 Å². The van der Waals surface area contributed by atoms with Crippen LogP contribution in [0.25, 0.3) is 0 Å². The Hall–Kier alpha value is -2.14. The van der Waals surface area contributed by atoms with E-state index in [1.54, 1.807) is 25.1 Å². The Morgan fingerprint density at radius 3 is 2.70 bits per heavy atom. The van der Waals surface area contributed by atoms with Crippen LogP contribution in [0.15, 0.2) is 30.4 Å². The lowest BCUT2D eigenvalue weighted by Gasteiger charge is -2.14. The molecule has 2 rings (SSSR count). The summed E-state index contributed by atoms with van der Waals surface area (Å²) in [5.74, 6) is -0.744. The highest BCUT2D eigenvalue weighted by atomic mass is 16.5. The van der Waals surface area contributed by atoms with Crippen molar-refractivity contribution in [3.8, 4) is 0 Å². The molecule has 20 heavy (non-hydrogen) atoms. The van der Waals surface area contributed by atoms with Crippen molar-refractivity contribution in [2.75, 3.05) is 12.4 Å². The van der Waals surface area contributed by atoms with Crippen LogP contribution in [0.5, 0.6) is 0 Å². The topological polar surface area (TPSA) is 81.4 Å². The van der Waals surface area contributed by atoms with Gasteiger partial charge in [-0.15, -0.1) is 0 Å². The monoisotopic (exact) mass is 274 g/mol. The average Bonchev–Trinajstić information content (AvgIpc) is 2.87. The molecule has 0 aliphatic heterocycles. The summed E-state index contributed by atoms with van der Waals surface area (Å²) in [6, 6.07) is 5.08. The minimum Gasteiger partial charge on any atom is -0.465 e. The number of benzene rings is 1. The minimum atomic E-state index is -0.415. The zero-order valence-electron chi connectivity index (χ0n) is 11.6. The predicted molar refractivity (Wildman–Crippen MR) is 76.4 cm³/mol. The second kappa shape index (κ2) is 5.88. The molecule has 1 amide bonds. The van der Waals surface area contributed by atoms with E-state index in [2.05, 4.69) is 5.32 Å². The number of carbonyl (C=O) groups is 2. The van der Waals surface area contributed by atoms with Gasteiger partial charge in [-0.1, -0.05) is 18.2 Å². The summed E-state index contributed by atoms with van der Waals surface area (Å²) in [4.78, 5) is 23.7. The molecule has 0 aromatic heterocycles. The summed E-state index contributed by atoms with van der Waals surface area (Å²) in [5, 5.41) is 2.84. The molecule has 2 unspecified atom stereocenters. The average molecular weight is 274 g/mol. The maximum absolute atomic E-state index is 12.1. The van der Waals surface area contributed by atoms with Crippen LogP contribution in [-0.4, -0.2) is 25.0 Å². The zero-order chi connectivity index (χ0) is 14.7. The Morgan fingerprint density at radius 1 is 1.35 bits per heavy atom. The fourth-order valence-electron chi connectivity index (χ4n) is 2.25. The Morgan fingerprint density at radius 2 is 2.10 bits per heavy atom. The van der Waals surface area contributed by atoms with Crippen LogP contribution < -0.4 is 11.1 Å². The number of amides is 1. The molecule has 1 aromatic rings. The van der Waals surface area contributed by atoms with Crippen LogP contribution in [0, 0.1) is 12.8 Å². The summed E-state index contributed by atoms with van der Waals surface area (Å²) in [5.41, 5.74) is 7.50. The standard InChI is InChI=1S/C15H18N2O3/c1-9-12(15(19)20-2)4-3-5-13(9)17-14(18)10-6-7-11(16)8-10/h3-7,10-11H,8,16H2,1-2H3,(H,17,18). The maximum atomic E-state index is 12.1. The van der Waals surface area contributed by atoms with Gasteiger partial charge in [-0.25, -0.2) is 4.79 Å². The van der Waals surface area contributed by atoms with Crippen LogP contribution in [-0.2, 0) is 9.53 Å². The van der Waals surface area contributed by atoms with Crippen molar-refractivity contribution in [1.29, 1.82) is 0 Å². The third kappa shape index (κ3) is 2.88. The first-order chi connectivity index (χ1) is 9.52. The summed E-state index contributed by atoms with van der Waals surface area (Å²) < 4.78 is 4.71. The van der Waals surface area contributed by atoms with Crippen molar-refractivity contribution in [2.45, 2.75) is 19.4 Å². The van der Waals surface area contributed by atoms with Crippen molar-refractivity contribution in [1.82, 2.24) is 0 Å². The lowest BCUT2D eigenvalue weighted by atomic mass is 10.0. The van der Waals surface area contributed by atoms with E-state index in [1.165, 1.54) is 7.11 Å². The molecule has 3 N–H and O–H groups in total. The number of anilines is 1. The molecule has 0 spiro atoms. The van der Waals surface area contributed by atoms with Crippen LogP contribution in [0.1, 0.15) is 22.3 Å².